The number of halogens is 2. The zero-order valence-corrected chi connectivity index (χ0v) is 10.1. The van der Waals surface area contributed by atoms with E-state index in [0.717, 1.165) is 5.56 Å². The summed E-state index contributed by atoms with van der Waals surface area (Å²) in [5, 5.41) is 0. The molecule has 0 bridgehead atoms. The number of hydrogen-bond acceptors (Lipinski definition) is 2. The van der Waals surface area contributed by atoms with Crippen LogP contribution in [0.1, 0.15) is 5.56 Å². The molecule has 2 aromatic rings. The van der Waals surface area contributed by atoms with E-state index in [1.165, 1.54) is 17.6 Å². The molecule has 0 saturated carbocycles. The zero-order valence-electron chi connectivity index (χ0n) is 7.72. The Balaban J connectivity index is 0.00000112. The Morgan fingerprint density at radius 3 is 2.47 bits per heavy atom. The maximum Gasteiger partial charge on any atom is 0.262 e. The third-order valence-electron chi connectivity index (χ3n) is 1.85. The van der Waals surface area contributed by atoms with Gasteiger partial charge in [-0.05, 0) is 17.1 Å². The fourth-order valence-corrected chi connectivity index (χ4v) is 2.27. The average molecular weight is 262 g/mol. The second-order valence-corrected chi connectivity index (χ2v) is 4.59. The molecule has 1 heterocycles. The summed E-state index contributed by atoms with van der Waals surface area (Å²) in [6.45, 7) is 0.594. The van der Waals surface area contributed by atoms with Crippen molar-refractivity contribution in [2.75, 3.05) is 0 Å². The van der Waals surface area contributed by atoms with E-state index in [2.05, 4.69) is 0 Å². The van der Waals surface area contributed by atoms with Crippen LogP contribution in [0.3, 0.4) is 0 Å². The number of aromatic nitrogens is 1. The van der Waals surface area contributed by atoms with Crippen LogP contribution < -0.4 is 5.56 Å². The first-order valence-electron chi connectivity index (χ1n) is 4.16. The lowest BCUT2D eigenvalue weighted by molar-refractivity contribution is 0.849. The van der Waals surface area contributed by atoms with Crippen molar-refractivity contribution in [3.8, 4) is 0 Å². The van der Waals surface area contributed by atoms with E-state index in [4.69, 9.17) is 11.6 Å². The van der Waals surface area contributed by atoms with Gasteiger partial charge in [-0.15, -0.1) is 12.4 Å². The molecule has 2 nitrogen and oxygen atoms in total. The van der Waals surface area contributed by atoms with E-state index in [0.29, 0.717) is 10.9 Å². The lowest BCUT2D eigenvalue weighted by Crippen LogP contribution is -2.12. The van der Waals surface area contributed by atoms with Crippen LogP contribution in [0.25, 0.3) is 0 Å². The second kappa shape index (κ2) is 5.35. The molecule has 0 spiro atoms. The molecule has 80 valence electrons. The first kappa shape index (κ1) is 12.3. The van der Waals surface area contributed by atoms with Gasteiger partial charge in [-0.2, -0.15) is 0 Å². The minimum atomic E-state index is -0.0381. The molecule has 0 fully saturated rings. The molecule has 0 aliphatic rings. The maximum absolute atomic E-state index is 11.3. The van der Waals surface area contributed by atoms with Gasteiger partial charge in [0.2, 0.25) is 0 Å². The Hall–Kier alpha value is -0.770. The van der Waals surface area contributed by atoms with Gasteiger partial charge in [-0.25, -0.2) is 0 Å². The Kier molecular flexibility index (Phi) is 4.39. The molecule has 1 aromatic carbocycles. The highest BCUT2D eigenvalue weighted by Gasteiger charge is 2.01. The van der Waals surface area contributed by atoms with E-state index < -0.39 is 0 Å². The van der Waals surface area contributed by atoms with Crippen molar-refractivity contribution in [2.24, 2.45) is 0 Å². The predicted molar refractivity (Wildman–Crippen MR) is 66.4 cm³/mol. The minimum Gasteiger partial charge on any atom is -0.268 e. The highest BCUT2D eigenvalue weighted by atomic mass is 35.5. The molecule has 0 amide bonds. The highest BCUT2D eigenvalue weighted by Crippen LogP contribution is 2.13. The van der Waals surface area contributed by atoms with Crippen molar-refractivity contribution >= 4 is 35.5 Å². The van der Waals surface area contributed by atoms with Crippen LogP contribution in [-0.4, -0.2) is 3.96 Å². The monoisotopic (exact) mass is 261 g/mol. The molecule has 0 atom stereocenters. The third kappa shape index (κ3) is 3.09. The van der Waals surface area contributed by atoms with Crippen LogP contribution in [-0.2, 0) is 6.54 Å². The van der Waals surface area contributed by atoms with Crippen molar-refractivity contribution in [2.45, 2.75) is 6.54 Å². The summed E-state index contributed by atoms with van der Waals surface area (Å²) in [4.78, 5) is 11.3. The molecule has 5 heteroatoms. The summed E-state index contributed by atoms with van der Waals surface area (Å²) in [5.74, 6) is 0. The van der Waals surface area contributed by atoms with Crippen LogP contribution >= 0.6 is 35.5 Å². The lowest BCUT2D eigenvalue weighted by Gasteiger charge is -1.99. The van der Waals surface area contributed by atoms with Gasteiger partial charge in [-0.1, -0.05) is 41.9 Å². The quantitative estimate of drug-likeness (QED) is 0.815. The van der Waals surface area contributed by atoms with Gasteiger partial charge in [0.05, 0.1) is 6.54 Å². The van der Waals surface area contributed by atoms with Gasteiger partial charge < -0.3 is 0 Å². The lowest BCUT2D eigenvalue weighted by atomic mass is 10.2. The molecule has 0 aliphatic heterocycles. The van der Waals surface area contributed by atoms with Gasteiger partial charge in [0.1, 0.15) is 4.34 Å². The van der Waals surface area contributed by atoms with Crippen LogP contribution in [0.4, 0.5) is 0 Å². The zero-order chi connectivity index (χ0) is 9.97. The van der Waals surface area contributed by atoms with Crippen molar-refractivity contribution in [1.29, 1.82) is 0 Å². The van der Waals surface area contributed by atoms with Gasteiger partial charge in [0, 0.05) is 6.07 Å². The Labute approximate surface area is 103 Å². The average Bonchev–Trinajstić information content (AvgIpc) is 2.47. The number of rotatable bonds is 2. The summed E-state index contributed by atoms with van der Waals surface area (Å²) >= 11 is 7.01. The van der Waals surface area contributed by atoms with Crippen LogP contribution in [0.5, 0.6) is 0 Å². The molecule has 15 heavy (non-hydrogen) atoms. The highest BCUT2D eigenvalue weighted by molar-refractivity contribution is 7.11. The van der Waals surface area contributed by atoms with Crippen LogP contribution in [0, 0.1) is 0 Å². The van der Waals surface area contributed by atoms with Crippen molar-refractivity contribution < 1.29 is 0 Å². The maximum atomic E-state index is 11.3. The van der Waals surface area contributed by atoms with E-state index in [-0.39, 0.29) is 18.0 Å². The van der Waals surface area contributed by atoms with Crippen molar-refractivity contribution in [3.05, 3.63) is 56.7 Å². The van der Waals surface area contributed by atoms with Gasteiger partial charge in [0.15, 0.2) is 0 Å². The van der Waals surface area contributed by atoms with Crippen molar-refractivity contribution in [1.82, 2.24) is 3.96 Å². The predicted octanol–water partition coefficient (Wildman–Crippen LogP) is 3.03. The SMILES string of the molecule is Cl.O=c1cc(Cl)sn1Cc1ccccc1. The molecule has 0 unspecified atom stereocenters. The summed E-state index contributed by atoms with van der Waals surface area (Å²) in [6.07, 6.45) is 0. The molecule has 0 radical (unpaired) electrons. The normalized spacial score (nSPS) is 9.67. The Morgan fingerprint density at radius 1 is 1.27 bits per heavy atom. The van der Waals surface area contributed by atoms with E-state index >= 15 is 0 Å². The van der Waals surface area contributed by atoms with E-state index in [1.807, 2.05) is 30.3 Å². The second-order valence-electron chi connectivity index (χ2n) is 2.90. The van der Waals surface area contributed by atoms with E-state index in [9.17, 15) is 4.79 Å². The standard InChI is InChI=1S/C10H8ClNOS.ClH/c11-9-6-10(13)12(14-9)7-8-4-2-1-3-5-8;/h1-6H,7H2;1H. The Bertz CT molecular complexity index is 478. The fraction of sp³-hybridized carbons (Fsp3) is 0.100. The molecular formula is C10H9Cl2NOS. The van der Waals surface area contributed by atoms with Gasteiger partial charge in [0.25, 0.3) is 5.56 Å². The Morgan fingerprint density at radius 2 is 1.93 bits per heavy atom. The largest absolute Gasteiger partial charge is 0.268 e. The number of hydrogen-bond donors (Lipinski definition) is 0. The van der Waals surface area contributed by atoms with Crippen LogP contribution in [0.15, 0.2) is 41.2 Å². The minimum absolute atomic E-state index is 0. The van der Waals surface area contributed by atoms with E-state index in [1.54, 1.807) is 3.96 Å². The first-order valence-corrected chi connectivity index (χ1v) is 5.31. The molecule has 0 N–H and O–H groups in total. The number of nitrogens with zero attached hydrogens (tertiary/aromatic N) is 1. The number of benzene rings is 1. The van der Waals surface area contributed by atoms with Gasteiger partial charge >= 0.3 is 0 Å². The van der Waals surface area contributed by atoms with Gasteiger partial charge in [-0.3, -0.25) is 8.75 Å². The van der Waals surface area contributed by atoms with Crippen LogP contribution in [0.2, 0.25) is 4.34 Å². The topological polar surface area (TPSA) is 22.0 Å². The smallest absolute Gasteiger partial charge is 0.262 e. The fourth-order valence-electron chi connectivity index (χ4n) is 1.21. The van der Waals surface area contributed by atoms with Crippen molar-refractivity contribution in [3.63, 3.8) is 0 Å². The summed E-state index contributed by atoms with van der Waals surface area (Å²) in [7, 11) is 0. The third-order valence-corrected chi connectivity index (χ3v) is 2.99. The molecule has 0 aliphatic carbocycles. The molecule has 2 rings (SSSR count). The summed E-state index contributed by atoms with van der Waals surface area (Å²) in [5.41, 5.74) is 1.07. The summed E-state index contributed by atoms with van der Waals surface area (Å²) in [6, 6.07) is 11.3. The first-order chi connectivity index (χ1) is 6.75. The molecule has 0 saturated heterocycles. The molecular weight excluding hydrogens is 253 g/mol. The molecule has 1 aromatic heterocycles. The summed E-state index contributed by atoms with van der Waals surface area (Å²) < 4.78 is 2.17.